The maximum Gasteiger partial charge on any atom is 0.227 e. The number of carbonyl (C=O) groups excluding carboxylic acids is 2. The van der Waals surface area contributed by atoms with Crippen molar-refractivity contribution in [2.45, 2.75) is 6.92 Å². The molecule has 0 saturated heterocycles. The quantitative estimate of drug-likeness (QED) is 0.572. The summed E-state index contributed by atoms with van der Waals surface area (Å²) in [5.74, 6) is 0.551. The molecule has 1 rings (SSSR count). The molecule has 0 heterocycles. The normalized spacial score (nSPS) is 10.1. The van der Waals surface area contributed by atoms with Gasteiger partial charge in [0.2, 0.25) is 5.91 Å². The molecule has 0 bridgehead atoms. The average molecular weight is 219 g/mol. The maximum absolute atomic E-state index is 11.3. The first-order valence-corrected chi connectivity index (χ1v) is 4.75. The van der Waals surface area contributed by atoms with Crippen LogP contribution in [0.3, 0.4) is 0 Å². The molecule has 0 fully saturated rings. The minimum absolute atomic E-state index is 0.164. The highest BCUT2D eigenvalue weighted by Gasteiger charge is 2.07. The summed E-state index contributed by atoms with van der Waals surface area (Å²) in [4.78, 5) is 22.9. The van der Waals surface area contributed by atoms with Crippen LogP contribution in [0.2, 0.25) is 0 Å². The molecule has 84 valence electrons. The molecular weight excluding hydrogens is 206 g/mol. The van der Waals surface area contributed by atoms with Crippen molar-refractivity contribution in [2.75, 3.05) is 12.0 Å². The lowest BCUT2D eigenvalue weighted by atomic mass is 10.2. The maximum atomic E-state index is 11.3. The highest BCUT2D eigenvalue weighted by atomic mass is 16.5. The molecule has 0 unspecified atom stereocenters. The van der Waals surface area contributed by atoms with Crippen LogP contribution in [0.4, 0.5) is 5.69 Å². The van der Waals surface area contributed by atoms with E-state index in [0.717, 1.165) is 0 Å². The number of benzene rings is 1. The van der Waals surface area contributed by atoms with E-state index in [1.807, 2.05) is 0 Å². The SMILES string of the molecule is COc1ccc(N(/C=C/C=O)C(C)=O)cc1. The number of ether oxygens (including phenoxy) is 1. The van der Waals surface area contributed by atoms with E-state index in [2.05, 4.69) is 0 Å². The summed E-state index contributed by atoms with van der Waals surface area (Å²) >= 11 is 0. The Morgan fingerprint density at radius 1 is 1.31 bits per heavy atom. The van der Waals surface area contributed by atoms with Gasteiger partial charge < -0.3 is 4.74 Å². The molecule has 0 aliphatic carbocycles. The number of anilines is 1. The van der Waals surface area contributed by atoms with Crippen molar-refractivity contribution >= 4 is 17.9 Å². The zero-order valence-corrected chi connectivity index (χ0v) is 9.21. The lowest BCUT2D eigenvalue weighted by Crippen LogP contribution is -2.21. The second-order valence-corrected chi connectivity index (χ2v) is 3.06. The van der Waals surface area contributed by atoms with Crippen molar-refractivity contribution < 1.29 is 14.3 Å². The van der Waals surface area contributed by atoms with E-state index in [-0.39, 0.29) is 5.91 Å². The Morgan fingerprint density at radius 3 is 2.38 bits per heavy atom. The van der Waals surface area contributed by atoms with Gasteiger partial charge in [-0.05, 0) is 30.3 Å². The topological polar surface area (TPSA) is 46.6 Å². The second-order valence-electron chi connectivity index (χ2n) is 3.06. The third kappa shape index (κ3) is 2.95. The van der Waals surface area contributed by atoms with Gasteiger partial charge in [0.1, 0.15) is 12.0 Å². The predicted molar refractivity (Wildman–Crippen MR) is 61.4 cm³/mol. The second kappa shape index (κ2) is 5.70. The van der Waals surface area contributed by atoms with E-state index in [1.165, 1.54) is 24.1 Å². The Morgan fingerprint density at radius 2 is 1.94 bits per heavy atom. The van der Waals surface area contributed by atoms with E-state index in [0.29, 0.717) is 17.7 Å². The van der Waals surface area contributed by atoms with Crippen LogP contribution in [0.5, 0.6) is 5.75 Å². The number of hydrogen-bond acceptors (Lipinski definition) is 3. The van der Waals surface area contributed by atoms with E-state index < -0.39 is 0 Å². The molecular formula is C12H13NO3. The molecule has 0 atom stereocenters. The summed E-state index contributed by atoms with van der Waals surface area (Å²) < 4.78 is 5.01. The molecule has 0 N–H and O–H groups in total. The molecule has 4 nitrogen and oxygen atoms in total. The molecule has 0 aromatic heterocycles. The van der Waals surface area contributed by atoms with Crippen LogP contribution in [-0.4, -0.2) is 19.3 Å². The van der Waals surface area contributed by atoms with Crippen LogP contribution in [0.15, 0.2) is 36.5 Å². The Bertz CT molecular complexity index is 395. The van der Waals surface area contributed by atoms with Gasteiger partial charge in [0.05, 0.1) is 7.11 Å². The van der Waals surface area contributed by atoms with Gasteiger partial charge >= 0.3 is 0 Å². The van der Waals surface area contributed by atoms with Crippen LogP contribution in [-0.2, 0) is 9.59 Å². The van der Waals surface area contributed by atoms with E-state index in [1.54, 1.807) is 31.4 Å². The van der Waals surface area contributed by atoms with Crippen LogP contribution >= 0.6 is 0 Å². The average Bonchev–Trinajstić information content (AvgIpc) is 2.30. The largest absolute Gasteiger partial charge is 0.497 e. The number of allylic oxidation sites excluding steroid dienone is 1. The number of carbonyl (C=O) groups is 2. The van der Waals surface area contributed by atoms with E-state index in [9.17, 15) is 9.59 Å². The third-order valence-electron chi connectivity index (χ3n) is 2.00. The van der Waals surface area contributed by atoms with Crippen molar-refractivity contribution in [1.29, 1.82) is 0 Å². The van der Waals surface area contributed by atoms with Crippen molar-refractivity contribution in [2.24, 2.45) is 0 Å². The Hall–Kier alpha value is -2.10. The first-order valence-electron chi connectivity index (χ1n) is 4.75. The van der Waals surface area contributed by atoms with E-state index in [4.69, 9.17) is 4.74 Å². The first kappa shape index (κ1) is 12.0. The van der Waals surface area contributed by atoms with Gasteiger partial charge in [-0.1, -0.05) is 0 Å². The van der Waals surface area contributed by atoms with Gasteiger partial charge in [-0.15, -0.1) is 0 Å². The molecule has 1 aromatic rings. The van der Waals surface area contributed by atoms with Crippen LogP contribution in [0.1, 0.15) is 6.92 Å². The van der Waals surface area contributed by atoms with Gasteiger partial charge in [0, 0.05) is 18.8 Å². The molecule has 0 saturated carbocycles. The lowest BCUT2D eigenvalue weighted by molar-refractivity contribution is -0.116. The standard InChI is InChI=1S/C12H13NO3/c1-10(15)13(8-3-9-14)11-4-6-12(16-2)7-5-11/h3-9H,1-2H3/b8-3+. The Labute approximate surface area is 94.1 Å². The Balaban J connectivity index is 2.96. The van der Waals surface area contributed by atoms with Gasteiger partial charge in [0.15, 0.2) is 0 Å². The van der Waals surface area contributed by atoms with Crippen LogP contribution in [0.25, 0.3) is 0 Å². The van der Waals surface area contributed by atoms with Crippen LogP contribution < -0.4 is 9.64 Å². The molecule has 1 amide bonds. The molecule has 0 aliphatic heterocycles. The summed E-state index contributed by atoms with van der Waals surface area (Å²) in [5, 5.41) is 0. The molecule has 0 radical (unpaired) electrons. The fourth-order valence-electron chi connectivity index (χ4n) is 1.24. The minimum atomic E-state index is -0.164. The third-order valence-corrected chi connectivity index (χ3v) is 2.00. The zero-order valence-electron chi connectivity index (χ0n) is 9.21. The van der Waals surface area contributed by atoms with Gasteiger partial charge in [0.25, 0.3) is 0 Å². The summed E-state index contributed by atoms with van der Waals surface area (Å²) in [7, 11) is 1.57. The van der Waals surface area contributed by atoms with Crippen LogP contribution in [0, 0.1) is 0 Å². The highest BCUT2D eigenvalue weighted by Crippen LogP contribution is 2.19. The number of amides is 1. The summed E-state index contributed by atoms with van der Waals surface area (Å²) in [6.45, 7) is 1.43. The Kier molecular flexibility index (Phi) is 4.27. The van der Waals surface area contributed by atoms with Crippen molar-refractivity contribution in [1.82, 2.24) is 0 Å². The smallest absolute Gasteiger partial charge is 0.227 e. The molecule has 4 heteroatoms. The van der Waals surface area contributed by atoms with Gasteiger partial charge in [-0.3, -0.25) is 14.5 Å². The number of aldehydes is 1. The zero-order chi connectivity index (χ0) is 12.0. The molecule has 0 spiro atoms. The van der Waals surface area contributed by atoms with Crippen molar-refractivity contribution in [3.8, 4) is 5.75 Å². The highest BCUT2D eigenvalue weighted by molar-refractivity contribution is 5.94. The van der Waals surface area contributed by atoms with Crippen molar-refractivity contribution in [3.05, 3.63) is 36.5 Å². The monoisotopic (exact) mass is 219 g/mol. The summed E-state index contributed by atoms with van der Waals surface area (Å²) in [6.07, 6.45) is 3.32. The van der Waals surface area contributed by atoms with Gasteiger partial charge in [-0.25, -0.2) is 0 Å². The number of rotatable bonds is 4. The fraction of sp³-hybridized carbons (Fsp3) is 0.167. The molecule has 0 aliphatic rings. The molecule has 1 aromatic carbocycles. The van der Waals surface area contributed by atoms with E-state index >= 15 is 0 Å². The summed E-state index contributed by atoms with van der Waals surface area (Å²) in [6, 6.07) is 6.99. The minimum Gasteiger partial charge on any atom is -0.497 e. The number of methoxy groups -OCH3 is 1. The predicted octanol–water partition coefficient (Wildman–Crippen LogP) is 1.76. The first-order chi connectivity index (χ1) is 7.69. The van der Waals surface area contributed by atoms with Crippen molar-refractivity contribution in [3.63, 3.8) is 0 Å². The molecule has 16 heavy (non-hydrogen) atoms. The lowest BCUT2D eigenvalue weighted by Gasteiger charge is -2.16. The fourth-order valence-corrected chi connectivity index (χ4v) is 1.24. The van der Waals surface area contributed by atoms with Gasteiger partial charge in [-0.2, -0.15) is 0 Å². The summed E-state index contributed by atoms with van der Waals surface area (Å²) in [5.41, 5.74) is 0.686. The number of nitrogens with zero attached hydrogens (tertiary/aromatic N) is 1. The number of hydrogen-bond donors (Lipinski definition) is 0.